The van der Waals surface area contributed by atoms with Gasteiger partial charge in [-0.25, -0.2) is 0 Å². The molecule has 0 saturated heterocycles. The number of ketones is 1. The van der Waals surface area contributed by atoms with E-state index in [1.807, 2.05) is 6.07 Å². The van der Waals surface area contributed by atoms with Crippen LogP contribution in [0.1, 0.15) is 15.9 Å². The van der Waals surface area contributed by atoms with Crippen molar-refractivity contribution in [2.75, 3.05) is 6.61 Å². The lowest BCUT2D eigenvalue weighted by Gasteiger charge is -2.07. The molecule has 100 valence electrons. The number of Topliss-reactive ketones (excluding diaryl/α,β-unsaturated/α-hetero) is 1. The number of benzene rings is 2. The van der Waals surface area contributed by atoms with Crippen LogP contribution < -0.4 is 4.74 Å². The molecule has 0 fully saturated rings. The fourth-order valence-electron chi connectivity index (χ4n) is 1.57. The smallest absolute Gasteiger partial charge is 0.200 e. The van der Waals surface area contributed by atoms with Gasteiger partial charge in [0.2, 0.25) is 0 Å². The average molecular weight is 306 g/mol. The molecule has 0 unspecified atom stereocenters. The fraction of sp³-hybridized carbons (Fsp3) is 0.0667. The first-order valence-corrected chi connectivity index (χ1v) is 6.47. The Hall–Kier alpha value is -2.02. The third-order valence-electron chi connectivity index (χ3n) is 2.59. The maximum absolute atomic E-state index is 11.9. The maximum Gasteiger partial charge on any atom is 0.200 e. The molecule has 5 heteroatoms. The van der Waals surface area contributed by atoms with Crippen LogP contribution in [0.15, 0.2) is 42.5 Å². The minimum Gasteiger partial charge on any atom is -0.484 e. The van der Waals surface area contributed by atoms with E-state index in [0.717, 1.165) is 0 Å². The van der Waals surface area contributed by atoms with Gasteiger partial charge in [0.25, 0.3) is 0 Å². The van der Waals surface area contributed by atoms with Gasteiger partial charge >= 0.3 is 0 Å². The molecule has 2 aromatic carbocycles. The van der Waals surface area contributed by atoms with Crippen molar-refractivity contribution in [3.8, 4) is 11.8 Å². The summed E-state index contributed by atoms with van der Waals surface area (Å²) < 4.78 is 5.37. The number of carbonyl (C=O) groups excluding carboxylic acids is 1. The quantitative estimate of drug-likeness (QED) is 0.798. The number of nitrogens with zero attached hydrogens (tertiary/aromatic N) is 1. The van der Waals surface area contributed by atoms with Crippen molar-refractivity contribution >= 4 is 29.0 Å². The third kappa shape index (κ3) is 3.51. The average Bonchev–Trinajstić information content (AvgIpc) is 2.45. The monoisotopic (exact) mass is 305 g/mol. The van der Waals surface area contributed by atoms with Gasteiger partial charge in [0.1, 0.15) is 11.8 Å². The molecule has 3 nitrogen and oxygen atoms in total. The third-order valence-corrected chi connectivity index (χ3v) is 3.08. The summed E-state index contributed by atoms with van der Waals surface area (Å²) in [6.07, 6.45) is 0. The predicted octanol–water partition coefficient (Wildman–Crippen LogP) is 4.13. The number of hydrogen-bond acceptors (Lipinski definition) is 3. The standard InChI is InChI=1S/C15H9Cl2NO2/c16-12-4-1-10(2-5-12)14(19)9-20-15-7-13(17)6-3-11(15)8-18/h1-7H,9H2. The number of halogens is 2. The van der Waals surface area contributed by atoms with Crippen molar-refractivity contribution in [1.29, 1.82) is 5.26 Å². The fourth-order valence-corrected chi connectivity index (χ4v) is 1.86. The van der Waals surface area contributed by atoms with Crippen LogP contribution in [0.25, 0.3) is 0 Å². The Bertz CT molecular complexity index is 675. The molecule has 0 radical (unpaired) electrons. The van der Waals surface area contributed by atoms with Gasteiger partial charge in [-0.2, -0.15) is 5.26 Å². The molecule has 20 heavy (non-hydrogen) atoms. The largest absolute Gasteiger partial charge is 0.484 e. The van der Waals surface area contributed by atoms with E-state index in [1.54, 1.807) is 36.4 Å². The molecule has 0 saturated carbocycles. The minimum atomic E-state index is -0.203. The zero-order chi connectivity index (χ0) is 14.5. The van der Waals surface area contributed by atoms with Gasteiger partial charge in [0.15, 0.2) is 12.4 Å². The van der Waals surface area contributed by atoms with Gasteiger partial charge < -0.3 is 4.74 Å². The van der Waals surface area contributed by atoms with Crippen molar-refractivity contribution in [2.45, 2.75) is 0 Å². The van der Waals surface area contributed by atoms with Crippen molar-refractivity contribution in [1.82, 2.24) is 0 Å². The minimum absolute atomic E-state index is 0.170. The summed E-state index contributed by atoms with van der Waals surface area (Å²) in [7, 11) is 0. The predicted molar refractivity (Wildman–Crippen MR) is 77.4 cm³/mol. The summed E-state index contributed by atoms with van der Waals surface area (Å²) in [5.41, 5.74) is 0.827. The number of hydrogen-bond donors (Lipinski definition) is 0. The SMILES string of the molecule is N#Cc1ccc(Cl)cc1OCC(=O)c1ccc(Cl)cc1. The Morgan fingerprint density at radius 3 is 2.40 bits per heavy atom. The van der Waals surface area contributed by atoms with Crippen molar-refractivity contribution in [3.05, 3.63) is 63.6 Å². The number of nitriles is 1. The molecule has 0 aliphatic carbocycles. The molecule has 2 aromatic rings. The lowest BCUT2D eigenvalue weighted by molar-refractivity contribution is 0.0921. The van der Waals surface area contributed by atoms with E-state index in [4.69, 9.17) is 33.2 Å². The van der Waals surface area contributed by atoms with Crippen molar-refractivity contribution in [3.63, 3.8) is 0 Å². The summed E-state index contributed by atoms with van der Waals surface area (Å²) in [5.74, 6) is 0.0906. The van der Waals surface area contributed by atoms with Gasteiger partial charge in [-0.05, 0) is 36.4 Å². The van der Waals surface area contributed by atoms with Crippen LogP contribution in [-0.4, -0.2) is 12.4 Å². The van der Waals surface area contributed by atoms with E-state index in [9.17, 15) is 4.79 Å². The number of rotatable bonds is 4. The summed E-state index contributed by atoms with van der Waals surface area (Å²) in [5, 5.41) is 9.95. The van der Waals surface area contributed by atoms with Crippen LogP contribution in [0, 0.1) is 11.3 Å². The van der Waals surface area contributed by atoms with Crippen LogP contribution in [0.4, 0.5) is 0 Å². The molecule has 2 rings (SSSR count). The molecule has 0 aliphatic heterocycles. The molecule has 0 spiro atoms. The number of carbonyl (C=O) groups is 1. The van der Waals surface area contributed by atoms with Gasteiger partial charge in [-0.15, -0.1) is 0 Å². The van der Waals surface area contributed by atoms with E-state index in [1.165, 1.54) is 6.07 Å². The summed E-state index contributed by atoms with van der Waals surface area (Å²) in [6.45, 7) is -0.170. The Morgan fingerprint density at radius 2 is 1.75 bits per heavy atom. The van der Waals surface area contributed by atoms with E-state index in [-0.39, 0.29) is 12.4 Å². The molecular formula is C15H9Cl2NO2. The van der Waals surface area contributed by atoms with Crippen LogP contribution in [0.3, 0.4) is 0 Å². The van der Waals surface area contributed by atoms with Crippen LogP contribution >= 0.6 is 23.2 Å². The van der Waals surface area contributed by atoms with Crippen LogP contribution in [-0.2, 0) is 0 Å². The second-order valence-corrected chi connectivity index (χ2v) is 4.84. The molecule has 0 N–H and O–H groups in total. The van der Waals surface area contributed by atoms with E-state index < -0.39 is 0 Å². The second-order valence-electron chi connectivity index (χ2n) is 3.97. The Morgan fingerprint density at radius 1 is 1.10 bits per heavy atom. The highest BCUT2D eigenvalue weighted by Gasteiger charge is 2.09. The molecule has 0 aliphatic rings. The highest BCUT2D eigenvalue weighted by molar-refractivity contribution is 6.31. The summed E-state index contributed by atoms with van der Waals surface area (Å²) >= 11 is 11.6. The highest BCUT2D eigenvalue weighted by Crippen LogP contribution is 2.23. The molecule has 0 amide bonds. The van der Waals surface area contributed by atoms with Gasteiger partial charge in [-0.1, -0.05) is 23.2 Å². The maximum atomic E-state index is 11.9. The Kier molecular flexibility index (Phi) is 4.62. The lowest BCUT2D eigenvalue weighted by Crippen LogP contribution is -2.12. The first-order chi connectivity index (χ1) is 9.60. The first-order valence-electron chi connectivity index (χ1n) is 5.71. The molecule has 0 aromatic heterocycles. The second kappa shape index (κ2) is 6.42. The molecular weight excluding hydrogens is 297 g/mol. The zero-order valence-electron chi connectivity index (χ0n) is 10.3. The van der Waals surface area contributed by atoms with Gasteiger partial charge in [0, 0.05) is 21.7 Å². The Balaban J connectivity index is 2.09. The van der Waals surface area contributed by atoms with E-state index >= 15 is 0 Å². The zero-order valence-corrected chi connectivity index (χ0v) is 11.8. The molecule has 0 heterocycles. The highest BCUT2D eigenvalue weighted by atomic mass is 35.5. The molecule has 0 atom stereocenters. The van der Waals surface area contributed by atoms with Gasteiger partial charge in [-0.3, -0.25) is 4.79 Å². The summed E-state index contributed by atoms with van der Waals surface area (Å²) in [4.78, 5) is 11.9. The first kappa shape index (κ1) is 14.4. The van der Waals surface area contributed by atoms with E-state index in [2.05, 4.69) is 0 Å². The normalized spacial score (nSPS) is 9.85. The molecule has 0 bridgehead atoms. The van der Waals surface area contributed by atoms with Crippen LogP contribution in [0.2, 0.25) is 10.0 Å². The van der Waals surface area contributed by atoms with Crippen molar-refractivity contribution < 1.29 is 9.53 Å². The number of ether oxygens (including phenoxy) is 1. The van der Waals surface area contributed by atoms with Crippen LogP contribution in [0.5, 0.6) is 5.75 Å². The Labute approximate surface area is 126 Å². The van der Waals surface area contributed by atoms with E-state index in [0.29, 0.717) is 26.9 Å². The van der Waals surface area contributed by atoms with Crippen molar-refractivity contribution in [2.24, 2.45) is 0 Å². The lowest BCUT2D eigenvalue weighted by atomic mass is 10.1. The van der Waals surface area contributed by atoms with Gasteiger partial charge in [0.05, 0.1) is 5.56 Å². The summed E-state index contributed by atoms with van der Waals surface area (Å²) in [6, 6.07) is 13.1. The topological polar surface area (TPSA) is 50.1 Å².